The Hall–Kier alpha value is -1.46. The minimum Gasteiger partial charge on any atom is -0.481 e. The van der Waals surface area contributed by atoms with E-state index >= 15 is 0 Å². The molecule has 2 aromatic rings. The van der Waals surface area contributed by atoms with Gasteiger partial charge in [-0.2, -0.15) is 0 Å². The second-order valence-corrected chi connectivity index (χ2v) is 4.84. The van der Waals surface area contributed by atoms with Gasteiger partial charge in [-0.3, -0.25) is 0 Å². The lowest BCUT2D eigenvalue weighted by molar-refractivity contribution is 0.397. The summed E-state index contributed by atoms with van der Waals surface area (Å²) >= 11 is 1.69. The maximum absolute atomic E-state index is 5.04. The van der Waals surface area contributed by atoms with Gasteiger partial charge in [0.15, 0.2) is 0 Å². The van der Waals surface area contributed by atoms with Gasteiger partial charge in [0.25, 0.3) is 0 Å². The second-order valence-electron chi connectivity index (χ2n) is 3.90. The second kappa shape index (κ2) is 6.47. The number of aromatic nitrogens is 2. The number of nitrogens with zero attached hydrogens (tertiary/aromatic N) is 2. The summed E-state index contributed by atoms with van der Waals surface area (Å²) in [5.41, 5.74) is 2.26. The van der Waals surface area contributed by atoms with Crippen molar-refractivity contribution in [2.45, 2.75) is 19.9 Å². The van der Waals surface area contributed by atoms with Crippen LogP contribution < -0.4 is 10.1 Å². The average Bonchev–Trinajstić information content (AvgIpc) is 2.85. The molecule has 0 radical (unpaired) electrons. The van der Waals surface area contributed by atoms with Crippen LogP contribution in [0.15, 0.2) is 23.7 Å². The zero-order valence-corrected chi connectivity index (χ0v) is 11.5. The highest BCUT2D eigenvalue weighted by molar-refractivity contribution is 7.09. The van der Waals surface area contributed by atoms with E-state index in [0.717, 1.165) is 35.8 Å². The standard InChI is InChI=1S/C13H17N3OS/c1-3-14-8-11-9-18-13(16-11)6-10-4-5-12(17-2)15-7-10/h4-5,7,9,14H,3,6,8H2,1-2H3. The predicted octanol–water partition coefficient (Wildman–Crippen LogP) is 2.25. The van der Waals surface area contributed by atoms with Gasteiger partial charge < -0.3 is 10.1 Å². The zero-order chi connectivity index (χ0) is 12.8. The molecule has 96 valence electrons. The van der Waals surface area contributed by atoms with Gasteiger partial charge in [-0.15, -0.1) is 11.3 Å². The molecule has 0 aliphatic rings. The third-order valence-corrected chi connectivity index (χ3v) is 3.42. The molecule has 0 fully saturated rings. The van der Waals surface area contributed by atoms with Crippen LogP contribution in [0.1, 0.15) is 23.2 Å². The van der Waals surface area contributed by atoms with Crippen LogP contribution in [-0.2, 0) is 13.0 Å². The van der Waals surface area contributed by atoms with Crippen LogP contribution in [0.5, 0.6) is 5.88 Å². The van der Waals surface area contributed by atoms with Crippen LogP contribution in [0, 0.1) is 0 Å². The van der Waals surface area contributed by atoms with Gasteiger partial charge in [0.1, 0.15) is 0 Å². The number of pyridine rings is 1. The summed E-state index contributed by atoms with van der Waals surface area (Å²) in [7, 11) is 1.62. The molecule has 0 saturated carbocycles. The molecule has 0 atom stereocenters. The fourth-order valence-electron chi connectivity index (χ4n) is 1.58. The Labute approximate surface area is 111 Å². The molecule has 1 N–H and O–H groups in total. The van der Waals surface area contributed by atoms with Crippen molar-refractivity contribution >= 4 is 11.3 Å². The molecule has 0 unspecified atom stereocenters. The van der Waals surface area contributed by atoms with E-state index in [9.17, 15) is 0 Å². The average molecular weight is 263 g/mol. The Kier molecular flexibility index (Phi) is 4.66. The maximum Gasteiger partial charge on any atom is 0.212 e. The lowest BCUT2D eigenvalue weighted by Gasteiger charge is -2.00. The van der Waals surface area contributed by atoms with E-state index in [1.54, 1.807) is 18.4 Å². The number of hydrogen-bond acceptors (Lipinski definition) is 5. The maximum atomic E-state index is 5.04. The van der Waals surface area contributed by atoms with Gasteiger partial charge in [-0.1, -0.05) is 13.0 Å². The summed E-state index contributed by atoms with van der Waals surface area (Å²) in [6.07, 6.45) is 2.66. The van der Waals surface area contributed by atoms with E-state index in [0.29, 0.717) is 5.88 Å². The van der Waals surface area contributed by atoms with Crippen LogP contribution >= 0.6 is 11.3 Å². The number of methoxy groups -OCH3 is 1. The van der Waals surface area contributed by atoms with E-state index in [1.807, 2.05) is 18.3 Å². The Balaban J connectivity index is 1.97. The van der Waals surface area contributed by atoms with E-state index < -0.39 is 0 Å². The van der Waals surface area contributed by atoms with Crippen LogP contribution in [0.25, 0.3) is 0 Å². The lowest BCUT2D eigenvalue weighted by Crippen LogP contribution is -2.11. The Bertz CT molecular complexity index is 481. The lowest BCUT2D eigenvalue weighted by atomic mass is 10.2. The number of rotatable bonds is 6. The minimum absolute atomic E-state index is 0.644. The first-order valence-electron chi connectivity index (χ1n) is 5.94. The van der Waals surface area contributed by atoms with Crippen LogP contribution in [-0.4, -0.2) is 23.6 Å². The molecule has 0 aromatic carbocycles. The molecule has 0 spiro atoms. The molecule has 0 aliphatic carbocycles. The van der Waals surface area contributed by atoms with Crippen molar-refractivity contribution in [3.8, 4) is 5.88 Å². The first kappa shape index (κ1) is 13.0. The molecular formula is C13H17N3OS. The predicted molar refractivity (Wildman–Crippen MR) is 73.1 cm³/mol. The van der Waals surface area contributed by atoms with Gasteiger partial charge in [0, 0.05) is 30.6 Å². The monoisotopic (exact) mass is 263 g/mol. The number of ether oxygens (including phenoxy) is 1. The van der Waals surface area contributed by atoms with Crippen molar-refractivity contribution in [1.29, 1.82) is 0 Å². The normalized spacial score (nSPS) is 10.6. The molecule has 0 amide bonds. The van der Waals surface area contributed by atoms with E-state index in [1.165, 1.54) is 0 Å². The third-order valence-electron chi connectivity index (χ3n) is 2.52. The summed E-state index contributed by atoms with van der Waals surface area (Å²) in [4.78, 5) is 8.77. The van der Waals surface area contributed by atoms with Crippen molar-refractivity contribution < 1.29 is 4.74 Å². The Morgan fingerprint density at radius 1 is 1.39 bits per heavy atom. The summed E-state index contributed by atoms with van der Waals surface area (Å²) in [5.74, 6) is 0.644. The van der Waals surface area contributed by atoms with Crippen LogP contribution in [0.4, 0.5) is 0 Å². The van der Waals surface area contributed by atoms with E-state index in [2.05, 4.69) is 27.6 Å². The van der Waals surface area contributed by atoms with Gasteiger partial charge >= 0.3 is 0 Å². The molecule has 0 saturated heterocycles. The molecule has 2 rings (SSSR count). The third kappa shape index (κ3) is 3.51. The molecule has 2 aromatic heterocycles. The molecular weight excluding hydrogens is 246 g/mol. The summed E-state index contributed by atoms with van der Waals surface area (Å²) in [6.45, 7) is 3.90. The van der Waals surface area contributed by atoms with Gasteiger partial charge in [-0.05, 0) is 12.1 Å². The first-order chi connectivity index (χ1) is 8.81. The van der Waals surface area contributed by atoms with Crippen molar-refractivity contribution in [2.24, 2.45) is 0 Å². The minimum atomic E-state index is 0.644. The van der Waals surface area contributed by atoms with Gasteiger partial charge in [-0.25, -0.2) is 9.97 Å². The molecule has 0 bridgehead atoms. The summed E-state index contributed by atoms with van der Waals surface area (Å²) in [5, 5.41) is 6.50. The quantitative estimate of drug-likeness (QED) is 0.868. The van der Waals surface area contributed by atoms with Gasteiger partial charge in [0.05, 0.1) is 17.8 Å². The highest BCUT2D eigenvalue weighted by Crippen LogP contribution is 2.15. The molecule has 5 heteroatoms. The largest absolute Gasteiger partial charge is 0.481 e. The first-order valence-corrected chi connectivity index (χ1v) is 6.82. The van der Waals surface area contributed by atoms with Crippen LogP contribution in [0.2, 0.25) is 0 Å². The highest BCUT2D eigenvalue weighted by Gasteiger charge is 2.03. The molecule has 18 heavy (non-hydrogen) atoms. The Morgan fingerprint density at radius 3 is 2.94 bits per heavy atom. The van der Waals surface area contributed by atoms with Crippen molar-refractivity contribution in [3.63, 3.8) is 0 Å². The fourth-order valence-corrected chi connectivity index (χ4v) is 2.40. The number of hydrogen-bond donors (Lipinski definition) is 1. The van der Waals surface area contributed by atoms with Crippen LogP contribution in [0.3, 0.4) is 0 Å². The number of thiazole rings is 1. The van der Waals surface area contributed by atoms with Crippen molar-refractivity contribution in [2.75, 3.05) is 13.7 Å². The number of nitrogens with one attached hydrogen (secondary N) is 1. The Morgan fingerprint density at radius 2 is 2.28 bits per heavy atom. The summed E-state index contributed by atoms with van der Waals surface area (Å²) < 4.78 is 5.04. The van der Waals surface area contributed by atoms with E-state index in [-0.39, 0.29) is 0 Å². The topological polar surface area (TPSA) is 47.0 Å². The summed E-state index contributed by atoms with van der Waals surface area (Å²) in [6, 6.07) is 3.90. The fraction of sp³-hybridized carbons (Fsp3) is 0.385. The van der Waals surface area contributed by atoms with Crippen molar-refractivity contribution in [1.82, 2.24) is 15.3 Å². The molecule has 2 heterocycles. The van der Waals surface area contributed by atoms with E-state index in [4.69, 9.17) is 4.74 Å². The molecule has 0 aliphatic heterocycles. The zero-order valence-electron chi connectivity index (χ0n) is 10.6. The smallest absolute Gasteiger partial charge is 0.212 e. The highest BCUT2D eigenvalue weighted by atomic mass is 32.1. The van der Waals surface area contributed by atoms with Crippen molar-refractivity contribution in [3.05, 3.63) is 40.0 Å². The van der Waals surface area contributed by atoms with Gasteiger partial charge in [0.2, 0.25) is 5.88 Å². The SMILES string of the molecule is CCNCc1csc(Cc2ccc(OC)nc2)n1. The molecule has 4 nitrogen and oxygen atoms in total.